The fourth-order valence-electron chi connectivity index (χ4n) is 6.34. The van der Waals surface area contributed by atoms with Crippen molar-refractivity contribution in [3.05, 3.63) is 169 Å². The van der Waals surface area contributed by atoms with Crippen LogP contribution in [0.2, 0.25) is 5.02 Å². The minimum Gasteiger partial charge on any atom is -0.0312 e. The van der Waals surface area contributed by atoms with Gasteiger partial charge in [-0.1, -0.05) is 128 Å². The van der Waals surface area contributed by atoms with Crippen LogP contribution in [-0.2, 0) is 24.2 Å². The average Bonchev–Trinajstić information content (AvgIpc) is 3.74. The fourth-order valence-corrected chi connectivity index (χ4v) is 8.03. The van der Waals surface area contributed by atoms with Crippen molar-refractivity contribution in [2.75, 3.05) is 43.4 Å². The van der Waals surface area contributed by atoms with Gasteiger partial charge < -0.3 is 4.90 Å². The van der Waals surface area contributed by atoms with Crippen LogP contribution >= 0.6 is 31.2 Å². The standard InChI is InChI=1S/C37H43ClN2S.C5H5.F6P.Ru/c38-35-22-24-36(25-23-35)40-29-27-39(28-30-40)26-14-3-1-2-4-15-31-41-37(32-16-8-5-9-17-32,33-18-10-6-11-19-33)34-20-12-7-13-21-34;1-2-4-5-3-1;1-7(2,3,4,5)6;/h5-13,16-25H,1-4,14-15,26-31H2;1-5H;;/q;;-1;+2. The first-order valence-electron chi connectivity index (χ1n) is 18.0. The Morgan fingerprint density at radius 3 is 1.30 bits per heavy atom. The molecule has 2 aliphatic rings. The molecule has 293 valence electrons. The first-order chi connectivity index (χ1) is 25.2. The summed E-state index contributed by atoms with van der Waals surface area (Å²) in [5.74, 6) is 1.15. The zero-order valence-electron chi connectivity index (χ0n) is 30.1. The molecule has 2 fully saturated rings. The summed E-state index contributed by atoms with van der Waals surface area (Å²) in [5.41, 5.74) is 5.37. The largest absolute Gasteiger partial charge is 2.00 e. The van der Waals surface area contributed by atoms with Gasteiger partial charge in [0.1, 0.15) is 0 Å². The van der Waals surface area contributed by atoms with Crippen LogP contribution in [0.3, 0.4) is 0 Å². The van der Waals surface area contributed by atoms with Crippen molar-refractivity contribution >= 4 is 36.9 Å². The maximum absolute atomic E-state index is 10.7. The first-order valence-corrected chi connectivity index (χ1v) is 21.4. The number of piperazine rings is 1. The third kappa shape index (κ3) is 17.8. The predicted molar refractivity (Wildman–Crippen MR) is 215 cm³/mol. The molecule has 0 aromatic heterocycles. The van der Waals surface area contributed by atoms with Crippen LogP contribution in [-0.4, -0.2) is 43.4 Å². The molecule has 0 spiro atoms. The molecule has 4 aromatic rings. The summed E-state index contributed by atoms with van der Waals surface area (Å²) in [5, 5.41) is 0.811. The summed E-state index contributed by atoms with van der Waals surface area (Å²) < 4.78 is 59.0. The molecule has 6 rings (SSSR count). The van der Waals surface area contributed by atoms with Gasteiger partial charge in [-0.25, -0.2) is 0 Å². The molecule has 54 heavy (non-hydrogen) atoms. The fraction of sp³-hybridized carbons (Fsp3) is 0.310. The number of hydrogen-bond donors (Lipinski definition) is 0. The van der Waals surface area contributed by atoms with Crippen molar-refractivity contribution in [1.29, 1.82) is 0 Å². The zero-order chi connectivity index (χ0) is 38.1. The van der Waals surface area contributed by atoms with Gasteiger partial charge >= 0.3 is 52.5 Å². The van der Waals surface area contributed by atoms with E-state index in [-0.39, 0.29) is 24.2 Å². The van der Waals surface area contributed by atoms with Gasteiger partial charge in [-0.2, -0.15) is 0 Å². The minimum absolute atomic E-state index is 0. The Hall–Kier alpha value is -2.09. The third-order valence-electron chi connectivity index (χ3n) is 8.85. The van der Waals surface area contributed by atoms with E-state index in [4.69, 9.17) is 11.6 Å². The van der Waals surface area contributed by atoms with Crippen LogP contribution in [0.1, 0.15) is 55.2 Å². The molecule has 0 unspecified atom stereocenters. The van der Waals surface area contributed by atoms with Crippen molar-refractivity contribution in [2.45, 2.75) is 43.3 Å². The zero-order valence-corrected chi connectivity index (χ0v) is 34.3. The van der Waals surface area contributed by atoms with Gasteiger partial charge in [-0.05, 0) is 98.2 Å². The van der Waals surface area contributed by atoms with Gasteiger partial charge in [0.2, 0.25) is 0 Å². The number of thioether (sulfide) groups is 1. The van der Waals surface area contributed by atoms with Crippen molar-refractivity contribution in [3.8, 4) is 0 Å². The van der Waals surface area contributed by atoms with E-state index in [0.29, 0.717) is 0 Å². The molecule has 0 atom stereocenters. The molecule has 1 saturated carbocycles. The Labute approximate surface area is 340 Å². The number of halogens is 7. The Bertz CT molecular complexity index is 1480. The molecule has 12 heteroatoms. The van der Waals surface area contributed by atoms with Gasteiger partial charge in [0.25, 0.3) is 0 Å². The molecular formula is C42H48ClF6N2PRuS+. The van der Waals surface area contributed by atoms with Gasteiger partial charge in [-0.15, -0.1) is 11.8 Å². The van der Waals surface area contributed by atoms with E-state index in [0.717, 1.165) is 37.0 Å². The number of benzene rings is 4. The Morgan fingerprint density at radius 1 is 0.519 bits per heavy atom. The monoisotopic (exact) mass is 894 g/mol. The van der Waals surface area contributed by atoms with Crippen molar-refractivity contribution < 1.29 is 44.7 Å². The Balaban J connectivity index is 0.000000517. The second kappa shape index (κ2) is 21.4. The molecule has 4 aromatic carbocycles. The average molecular weight is 894 g/mol. The van der Waals surface area contributed by atoms with Crippen molar-refractivity contribution in [2.24, 2.45) is 0 Å². The smallest absolute Gasteiger partial charge is 0.0312 e. The normalized spacial score (nSPS) is 16.1. The molecule has 1 heterocycles. The Morgan fingerprint density at radius 2 is 0.889 bits per heavy atom. The number of anilines is 1. The molecular weight excluding hydrogens is 846 g/mol. The summed E-state index contributed by atoms with van der Waals surface area (Å²) in [6, 6.07) is 41.5. The van der Waals surface area contributed by atoms with Crippen molar-refractivity contribution in [1.82, 2.24) is 4.90 Å². The van der Waals surface area contributed by atoms with Crippen LogP contribution in [0, 0.1) is 32.1 Å². The molecule has 5 radical (unpaired) electrons. The second-order valence-corrected chi connectivity index (χ2v) is 16.6. The molecule has 0 amide bonds. The molecule has 1 aliphatic heterocycles. The topological polar surface area (TPSA) is 6.48 Å². The maximum Gasteiger partial charge on any atom is 2.00 e. The number of hydrogen-bond acceptors (Lipinski definition) is 3. The van der Waals surface area contributed by atoms with E-state index >= 15 is 0 Å². The molecule has 0 bridgehead atoms. The minimum atomic E-state index is -10.7. The van der Waals surface area contributed by atoms with E-state index in [1.54, 1.807) is 0 Å². The first kappa shape index (κ1) is 46.3. The third-order valence-corrected chi connectivity index (χ3v) is 10.7. The van der Waals surface area contributed by atoms with E-state index in [1.165, 1.54) is 67.4 Å². The van der Waals surface area contributed by atoms with Gasteiger partial charge in [0.05, 0.1) is 4.75 Å². The number of rotatable bonds is 14. The maximum atomic E-state index is 9.87. The number of nitrogens with zero attached hydrogens (tertiary/aromatic N) is 2. The molecule has 1 saturated heterocycles. The van der Waals surface area contributed by atoms with E-state index in [9.17, 15) is 25.2 Å². The summed E-state index contributed by atoms with van der Waals surface area (Å²) in [7, 11) is -10.7. The molecule has 1 aliphatic carbocycles. The van der Waals surface area contributed by atoms with E-state index in [1.807, 2.05) is 44.2 Å². The van der Waals surface area contributed by atoms with Crippen LogP contribution in [0.5, 0.6) is 0 Å². The quantitative estimate of drug-likeness (QED) is 0.0409. The van der Waals surface area contributed by atoms with Crippen LogP contribution in [0.4, 0.5) is 30.9 Å². The van der Waals surface area contributed by atoms with Crippen LogP contribution in [0.15, 0.2) is 115 Å². The second-order valence-electron chi connectivity index (χ2n) is 13.0. The summed E-state index contributed by atoms with van der Waals surface area (Å²) in [6.07, 6.45) is 17.9. The van der Waals surface area contributed by atoms with Crippen LogP contribution < -0.4 is 4.90 Å². The summed E-state index contributed by atoms with van der Waals surface area (Å²) >= 11 is 8.15. The Kier molecular flexibility index (Phi) is 18.4. The SMILES string of the molecule is Clc1ccc(N2CCN(CCCCCCCCSC(c3ccccc3)(c3ccccc3)c3ccccc3)CC2)cc1.F[P-](F)(F)(F)(F)F.[CH]1[CH][CH][CH][CH]1.[Ru+2]. The van der Waals surface area contributed by atoms with E-state index in [2.05, 4.69) is 125 Å². The van der Waals surface area contributed by atoms with E-state index < -0.39 is 7.81 Å². The molecule has 2 nitrogen and oxygen atoms in total. The summed E-state index contributed by atoms with van der Waals surface area (Å²) in [6.45, 7) is 5.77. The van der Waals surface area contributed by atoms with Crippen LogP contribution in [0.25, 0.3) is 0 Å². The van der Waals surface area contributed by atoms with Gasteiger partial charge in [0.15, 0.2) is 0 Å². The van der Waals surface area contributed by atoms with Crippen molar-refractivity contribution in [3.63, 3.8) is 0 Å². The van der Waals surface area contributed by atoms with Gasteiger partial charge in [0, 0.05) is 36.9 Å². The predicted octanol–water partition coefficient (Wildman–Crippen LogP) is 13.9. The molecule has 0 N–H and O–H groups in total. The number of unbranched alkanes of at least 4 members (excludes halogenated alkanes) is 5. The summed E-state index contributed by atoms with van der Waals surface area (Å²) in [4.78, 5) is 5.12. The van der Waals surface area contributed by atoms with Gasteiger partial charge in [-0.3, -0.25) is 4.90 Å².